The summed E-state index contributed by atoms with van der Waals surface area (Å²) in [5, 5.41) is 97.3. The van der Waals surface area contributed by atoms with Gasteiger partial charge >= 0.3 is 17.9 Å². The van der Waals surface area contributed by atoms with Gasteiger partial charge in [0.15, 0.2) is 5.96 Å². The fourth-order valence-corrected chi connectivity index (χ4v) is 12.6. The highest BCUT2D eigenvalue weighted by Crippen LogP contribution is 2.21. The van der Waals surface area contributed by atoms with Crippen molar-refractivity contribution in [3.8, 4) is 0 Å². The van der Waals surface area contributed by atoms with Crippen LogP contribution < -0.4 is 113 Å². The lowest BCUT2D eigenvalue weighted by Gasteiger charge is -2.31. The number of carboxylic acids is 3. The average Bonchev–Trinajstić information content (AvgIpc) is 1.65. The first-order chi connectivity index (χ1) is 60.7. The number of aliphatic carboxylic acids is 3. The zero-order chi connectivity index (χ0) is 98.3. The number of carboxylic acid groups (broad SMARTS) is 3. The van der Waals surface area contributed by atoms with Crippen LogP contribution in [-0.2, 0) is 114 Å². The minimum atomic E-state index is -2.04. The number of aliphatic hydroxyl groups is 2. The average molecular weight is 1900 g/mol. The lowest BCUT2D eigenvalue weighted by molar-refractivity contribution is -0.142. The van der Waals surface area contributed by atoms with Gasteiger partial charge in [-0.3, -0.25) is 106 Å². The number of hydrogen-bond donors (Lipinski definition) is 28. The number of guanidine groups is 1. The molecule has 0 aliphatic carbocycles. The smallest absolute Gasteiger partial charge is 0.305 e. The molecule has 32 N–H and O–H groups in total. The molecule has 0 aliphatic heterocycles. The molecule has 50 heteroatoms. The van der Waals surface area contributed by atoms with Crippen LogP contribution in [0.4, 0.5) is 0 Å². The van der Waals surface area contributed by atoms with Gasteiger partial charge in [-0.1, -0.05) is 87.8 Å². The Morgan fingerprint density at radius 1 is 0.462 bits per heavy atom. The Morgan fingerprint density at radius 2 is 0.938 bits per heavy atom. The highest BCUT2D eigenvalue weighted by Gasteiger charge is 2.41. The van der Waals surface area contributed by atoms with Crippen LogP contribution in [0.5, 0.6) is 0 Å². The summed E-state index contributed by atoms with van der Waals surface area (Å²) in [6.45, 7) is 10.6. The molecule has 0 bridgehead atoms. The van der Waals surface area contributed by atoms with Gasteiger partial charge in [-0.2, -0.15) is 0 Å². The number of aromatic nitrogens is 1. The van der Waals surface area contributed by atoms with Crippen molar-refractivity contribution in [3.05, 3.63) is 70.3 Å². The van der Waals surface area contributed by atoms with Crippen LogP contribution in [0.2, 0.25) is 0 Å². The van der Waals surface area contributed by atoms with E-state index in [-0.39, 0.29) is 51.0 Å². The van der Waals surface area contributed by atoms with Crippen molar-refractivity contribution in [1.82, 2.24) is 95.4 Å². The van der Waals surface area contributed by atoms with Gasteiger partial charge in [0, 0.05) is 47.4 Å². The SMILES string of the molecule is CC(C)C[C@@H](NC(=O)[C@@H](CC(=O)O)NC(=O)[C@@H](C)NC(=O)[C@H](NC(=O)[C@@H](CC(C)C)NC(=O)[C@@H](CCC(=O)O)NC(=O)C(C)(C)NC(=O)[C@@H](Cc1c[nH]c2ccccc12)NC(=O)[C@H](NC(=O)[C@H](N)CC(=O)O)[C@@H](C)O)C(C)C)C(=O)N[C@H](CC(N)=O)C(=O)NCC(=O)NCC(=O)NCC(=O)N[C@@H](CO)C(=O)N[C@@H](Cc1ccc(Br)cc1)C(=O)N[C@@H](CCCNC(=N)N)C(N)=O. The molecule has 0 radical (unpaired) electrons. The number of fused-ring (bicyclic) bond motifs is 1. The Bertz CT molecular complexity index is 4560. The van der Waals surface area contributed by atoms with E-state index in [2.05, 4.69) is 111 Å². The number of carbonyl (C=O) groups excluding carboxylic acids is 18. The highest BCUT2D eigenvalue weighted by molar-refractivity contribution is 9.10. The number of halogens is 1. The second kappa shape index (κ2) is 54.0. The molecule has 3 aromatic rings. The Hall–Kier alpha value is -13.5. The summed E-state index contributed by atoms with van der Waals surface area (Å²) in [4.78, 5) is 283. The molecule has 0 saturated carbocycles. The minimum Gasteiger partial charge on any atom is -0.481 e. The maximum Gasteiger partial charge on any atom is 0.305 e. The standard InChI is InChI=1S/C80H120BrN23O26/c1-36(2)24-49(70(122)99-53(29-56(83)107)68(120)91-33-58(109)89-32-57(108)90-34-59(110)93-55(35-105)74(126)98-51(26-41-17-19-43(81)20-18-41)71(123)94-47(65(84)117)16-13-23-87-79(85)86)97-72(124)54(30-62(115)116)95-66(118)39(7)92-76(128)63(38(5)6)102-73(125)50(25-37(3)4)96-69(121)48(21-22-60(111)112)101-78(130)80(9,10)104-75(127)52(27-42-31-88-46-15-12-11-14-44(42)46)100-77(129)64(40(8)106)103-67(119)45(82)28-61(113)114/h11-12,14-15,17-20,31,36-40,45,47-55,63-64,88,105-106H,13,16,21-30,32-35,82H2,1-10H3,(H2,83,107)(H2,84,117)(H,89,109)(H,90,108)(H,91,120)(H,92,128)(H,93,110)(H,94,123)(H,95,118)(H,96,121)(H,97,124)(H,98,126)(H,99,122)(H,100,129)(H,101,130)(H,102,125)(H,103,119)(H,104,127)(H,111,112)(H,113,114)(H,115,116)(H4,85,86,87)/t39-,40-,45-,47+,48-,49-,50-,51+,52-,53-,54-,55+,63-,64-/m1/s1. The van der Waals surface area contributed by atoms with Crippen LogP contribution in [0.1, 0.15) is 138 Å². The topological polar surface area (TPSA) is 808 Å². The molecule has 18 amide bonds. The van der Waals surface area contributed by atoms with E-state index in [1.807, 2.05) is 0 Å². The molecule has 2 aromatic carbocycles. The Morgan fingerprint density at radius 3 is 1.48 bits per heavy atom. The van der Waals surface area contributed by atoms with E-state index < -0.39 is 291 Å². The zero-order valence-corrected chi connectivity index (χ0v) is 74.9. The number of benzene rings is 2. The number of nitrogens with two attached hydrogens (primary N) is 4. The molecule has 0 spiro atoms. The van der Waals surface area contributed by atoms with Crippen molar-refractivity contribution in [1.29, 1.82) is 5.41 Å². The van der Waals surface area contributed by atoms with E-state index in [1.54, 1.807) is 76.2 Å². The summed E-state index contributed by atoms with van der Waals surface area (Å²) in [6, 6.07) is -8.11. The molecule has 130 heavy (non-hydrogen) atoms. The van der Waals surface area contributed by atoms with Crippen LogP contribution in [0.3, 0.4) is 0 Å². The first-order valence-electron chi connectivity index (χ1n) is 41.1. The number of H-pyrrole nitrogens is 1. The van der Waals surface area contributed by atoms with Crippen molar-refractivity contribution in [2.24, 2.45) is 40.7 Å². The quantitative estimate of drug-likeness (QED) is 0.0142. The summed E-state index contributed by atoms with van der Waals surface area (Å²) in [5.74, 6) is -26.2. The number of nitrogens with one attached hydrogen (secondary N) is 19. The normalized spacial score (nSPS) is 14.4. The number of hydrogen-bond acceptors (Lipinski definition) is 25. The van der Waals surface area contributed by atoms with E-state index in [0.717, 1.165) is 13.8 Å². The van der Waals surface area contributed by atoms with Crippen molar-refractivity contribution >= 4 is 157 Å². The van der Waals surface area contributed by atoms with E-state index in [9.17, 15) is 126 Å². The number of carbonyl (C=O) groups is 21. The van der Waals surface area contributed by atoms with Crippen LogP contribution in [0.25, 0.3) is 10.9 Å². The summed E-state index contributed by atoms with van der Waals surface area (Å²) >= 11 is 3.31. The van der Waals surface area contributed by atoms with Crippen molar-refractivity contribution in [2.45, 2.75) is 230 Å². The summed E-state index contributed by atoms with van der Waals surface area (Å²) in [6.07, 6.45) is -5.02. The molecular weight excluding hydrogens is 1780 g/mol. The van der Waals surface area contributed by atoms with Gasteiger partial charge in [-0.25, -0.2) is 0 Å². The Kier molecular flexibility index (Phi) is 45.9. The molecule has 0 fully saturated rings. The summed E-state index contributed by atoms with van der Waals surface area (Å²) in [5.41, 5.74) is 21.5. The number of primary amides is 2. The molecule has 0 unspecified atom stereocenters. The minimum absolute atomic E-state index is 0.00791. The van der Waals surface area contributed by atoms with Gasteiger partial charge in [-0.15, -0.1) is 0 Å². The number of rotatable bonds is 57. The van der Waals surface area contributed by atoms with Crippen LogP contribution in [-0.4, -0.2) is 284 Å². The molecule has 3 rings (SSSR count). The summed E-state index contributed by atoms with van der Waals surface area (Å²) in [7, 11) is 0. The first kappa shape index (κ1) is 111. The maximum absolute atomic E-state index is 14.4. The Labute approximate surface area is 754 Å². The predicted molar refractivity (Wildman–Crippen MR) is 464 cm³/mol. The lowest BCUT2D eigenvalue weighted by Crippen LogP contribution is -2.64. The molecular formula is C80H120BrN23O26. The van der Waals surface area contributed by atoms with Crippen molar-refractivity contribution < 1.29 is 126 Å². The van der Waals surface area contributed by atoms with E-state index in [4.69, 9.17) is 28.3 Å². The predicted octanol–water partition coefficient (Wildman–Crippen LogP) is -8.32. The van der Waals surface area contributed by atoms with Gasteiger partial charge in [-0.05, 0) is 107 Å². The number of amides is 18. The molecule has 49 nitrogen and oxygen atoms in total. The van der Waals surface area contributed by atoms with Gasteiger partial charge in [0.05, 0.1) is 57.6 Å². The maximum atomic E-state index is 14.4. The second-order valence-electron chi connectivity index (χ2n) is 32.3. The molecule has 1 heterocycles. The van der Waals surface area contributed by atoms with E-state index in [0.29, 0.717) is 26.5 Å². The fraction of sp³-hybridized carbons (Fsp3) is 0.550. The summed E-state index contributed by atoms with van der Waals surface area (Å²) < 4.78 is 0.685. The Balaban J connectivity index is 1.71. The van der Waals surface area contributed by atoms with E-state index >= 15 is 0 Å². The fourth-order valence-electron chi connectivity index (χ4n) is 12.4. The van der Waals surface area contributed by atoms with Gasteiger partial charge in [0.2, 0.25) is 106 Å². The third-order valence-electron chi connectivity index (χ3n) is 19.3. The molecule has 718 valence electrons. The van der Waals surface area contributed by atoms with E-state index in [1.165, 1.54) is 33.9 Å². The van der Waals surface area contributed by atoms with Gasteiger partial charge in [0.1, 0.15) is 78.0 Å². The van der Waals surface area contributed by atoms with Gasteiger partial charge < -0.3 is 144 Å². The highest BCUT2D eigenvalue weighted by atomic mass is 79.9. The first-order valence-corrected chi connectivity index (χ1v) is 41.9. The molecule has 14 atom stereocenters. The molecule has 1 aromatic heterocycles. The van der Waals surface area contributed by atoms with Crippen molar-refractivity contribution in [3.63, 3.8) is 0 Å². The third kappa shape index (κ3) is 39.8. The van der Waals surface area contributed by atoms with Crippen LogP contribution in [0.15, 0.2) is 59.2 Å². The van der Waals surface area contributed by atoms with Crippen LogP contribution >= 0.6 is 15.9 Å². The zero-order valence-electron chi connectivity index (χ0n) is 73.3. The number of para-hydroxylation sites is 1. The third-order valence-corrected chi connectivity index (χ3v) is 19.8. The second-order valence-corrected chi connectivity index (χ2v) is 33.2. The van der Waals surface area contributed by atoms with Crippen LogP contribution in [0, 0.1) is 23.2 Å². The number of aromatic amines is 1. The van der Waals surface area contributed by atoms with Gasteiger partial charge in [0.25, 0.3) is 0 Å². The number of aliphatic hydroxyl groups excluding tert-OH is 2. The molecule has 0 aliphatic rings. The lowest BCUT2D eigenvalue weighted by atomic mass is 9.98. The largest absolute Gasteiger partial charge is 0.481 e. The monoisotopic (exact) mass is 1900 g/mol. The van der Waals surface area contributed by atoms with Crippen molar-refractivity contribution in [2.75, 3.05) is 32.8 Å². The molecule has 0 saturated heterocycles.